The van der Waals surface area contributed by atoms with E-state index in [9.17, 15) is 4.79 Å². The van der Waals surface area contributed by atoms with E-state index < -0.39 is 0 Å². The van der Waals surface area contributed by atoms with Gasteiger partial charge in [-0.05, 0) is 30.4 Å². The number of likely N-dealkylation sites (tertiary alicyclic amines) is 1. The standard InChI is InChI=1S/C20H26N4O4/c1-20(2,3)10-17-22-23-18(28-17)13-5-4-8-24(11-13)19(25)21-14-6-7-15-16(9-14)27-12-26-15/h6-7,9,13H,4-5,8,10-12H2,1-3H3,(H,21,25). The molecule has 1 atom stereocenters. The predicted octanol–water partition coefficient (Wildman–Crippen LogP) is 3.80. The van der Waals surface area contributed by atoms with Crippen molar-refractivity contribution in [1.82, 2.24) is 15.1 Å². The molecule has 2 aliphatic heterocycles. The van der Waals surface area contributed by atoms with E-state index in [-0.39, 0.29) is 24.2 Å². The van der Waals surface area contributed by atoms with E-state index in [0.717, 1.165) is 19.3 Å². The summed E-state index contributed by atoms with van der Waals surface area (Å²) in [5, 5.41) is 11.4. The fourth-order valence-electron chi connectivity index (χ4n) is 3.50. The second-order valence-electron chi connectivity index (χ2n) is 8.55. The average Bonchev–Trinajstić information content (AvgIpc) is 3.29. The number of carbonyl (C=O) groups is 1. The van der Waals surface area contributed by atoms with Gasteiger partial charge in [0, 0.05) is 31.3 Å². The number of hydrogen-bond donors (Lipinski definition) is 1. The van der Waals surface area contributed by atoms with Gasteiger partial charge in [0.05, 0.1) is 5.92 Å². The molecule has 1 aromatic carbocycles. The monoisotopic (exact) mass is 386 g/mol. The van der Waals surface area contributed by atoms with Gasteiger partial charge in [-0.25, -0.2) is 4.79 Å². The summed E-state index contributed by atoms with van der Waals surface area (Å²) in [6, 6.07) is 5.24. The first-order valence-corrected chi connectivity index (χ1v) is 9.65. The van der Waals surface area contributed by atoms with Gasteiger partial charge < -0.3 is 24.1 Å². The van der Waals surface area contributed by atoms with Crippen LogP contribution in [0.2, 0.25) is 0 Å². The third kappa shape index (κ3) is 4.21. The van der Waals surface area contributed by atoms with Crippen LogP contribution in [0.5, 0.6) is 11.5 Å². The molecule has 8 heteroatoms. The minimum absolute atomic E-state index is 0.0671. The van der Waals surface area contributed by atoms with Crippen molar-refractivity contribution in [2.75, 3.05) is 25.2 Å². The Morgan fingerprint density at radius 3 is 2.89 bits per heavy atom. The maximum atomic E-state index is 12.7. The molecular weight excluding hydrogens is 360 g/mol. The fourth-order valence-corrected chi connectivity index (χ4v) is 3.50. The lowest BCUT2D eigenvalue weighted by Crippen LogP contribution is -2.41. The minimum Gasteiger partial charge on any atom is -0.454 e. The SMILES string of the molecule is CC(C)(C)Cc1nnc(C2CCCN(C(=O)Nc3ccc4c(c3)OCO4)C2)o1. The lowest BCUT2D eigenvalue weighted by molar-refractivity contribution is 0.174. The fraction of sp³-hybridized carbons (Fsp3) is 0.550. The number of piperidine rings is 1. The number of amides is 2. The van der Waals surface area contributed by atoms with Crippen molar-refractivity contribution >= 4 is 11.7 Å². The van der Waals surface area contributed by atoms with Crippen LogP contribution in [0.1, 0.15) is 51.3 Å². The maximum Gasteiger partial charge on any atom is 0.321 e. The molecule has 2 aromatic rings. The van der Waals surface area contributed by atoms with Crippen LogP contribution < -0.4 is 14.8 Å². The molecule has 1 N–H and O–H groups in total. The zero-order valence-electron chi connectivity index (χ0n) is 16.5. The summed E-state index contributed by atoms with van der Waals surface area (Å²) in [7, 11) is 0. The highest BCUT2D eigenvalue weighted by molar-refractivity contribution is 5.89. The highest BCUT2D eigenvalue weighted by Gasteiger charge is 2.29. The van der Waals surface area contributed by atoms with Crippen molar-refractivity contribution in [2.24, 2.45) is 5.41 Å². The number of aromatic nitrogens is 2. The first-order valence-electron chi connectivity index (χ1n) is 9.65. The van der Waals surface area contributed by atoms with Crippen LogP contribution in [-0.4, -0.2) is 41.0 Å². The Kier molecular flexibility index (Phi) is 4.87. The van der Waals surface area contributed by atoms with Gasteiger partial charge in [-0.1, -0.05) is 20.8 Å². The number of nitrogens with one attached hydrogen (secondary N) is 1. The summed E-state index contributed by atoms with van der Waals surface area (Å²) in [5.41, 5.74) is 0.772. The summed E-state index contributed by atoms with van der Waals surface area (Å²) in [6.45, 7) is 7.89. The van der Waals surface area contributed by atoms with Gasteiger partial charge in [0.2, 0.25) is 18.6 Å². The second-order valence-corrected chi connectivity index (χ2v) is 8.55. The minimum atomic E-state index is -0.141. The summed E-state index contributed by atoms with van der Waals surface area (Å²) in [4.78, 5) is 14.5. The Balaban J connectivity index is 1.39. The molecule has 0 aliphatic carbocycles. The molecule has 1 saturated heterocycles. The molecule has 150 valence electrons. The van der Waals surface area contributed by atoms with Crippen LogP contribution in [0.4, 0.5) is 10.5 Å². The predicted molar refractivity (Wildman–Crippen MR) is 103 cm³/mol. The first kappa shape index (κ1) is 18.6. The van der Waals surface area contributed by atoms with Gasteiger partial charge in [-0.3, -0.25) is 0 Å². The Labute approximate surface area is 164 Å². The van der Waals surface area contributed by atoms with Crippen molar-refractivity contribution in [3.8, 4) is 11.5 Å². The topological polar surface area (TPSA) is 89.7 Å². The molecule has 8 nitrogen and oxygen atoms in total. The Morgan fingerprint density at radius 2 is 2.07 bits per heavy atom. The Morgan fingerprint density at radius 1 is 1.25 bits per heavy atom. The molecule has 4 rings (SSSR count). The third-order valence-corrected chi connectivity index (χ3v) is 4.85. The number of carbonyl (C=O) groups excluding carboxylic acids is 1. The summed E-state index contributed by atoms with van der Waals surface area (Å²) >= 11 is 0. The van der Waals surface area contributed by atoms with Crippen molar-refractivity contribution in [3.05, 3.63) is 30.0 Å². The number of fused-ring (bicyclic) bond motifs is 1. The molecule has 0 saturated carbocycles. The zero-order chi connectivity index (χ0) is 19.7. The molecular formula is C20H26N4O4. The van der Waals surface area contributed by atoms with Crippen LogP contribution in [0.25, 0.3) is 0 Å². The quantitative estimate of drug-likeness (QED) is 0.863. The lowest BCUT2D eigenvalue weighted by Gasteiger charge is -2.31. The van der Waals surface area contributed by atoms with Crippen molar-refractivity contribution < 1.29 is 18.7 Å². The molecule has 1 fully saturated rings. The highest BCUT2D eigenvalue weighted by atomic mass is 16.7. The van der Waals surface area contributed by atoms with E-state index in [0.29, 0.717) is 42.1 Å². The molecule has 28 heavy (non-hydrogen) atoms. The highest BCUT2D eigenvalue weighted by Crippen LogP contribution is 2.34. The number of urea groups is 1. The molecule has 0 bridgehead atoms. The number of nitrogens with zero attached hydrogens (tertiary/aromatic N) is 3. The van der Waals surface area contributed by atoms with E-state index in [1.165, 1.54) is 0 Å². The third-order valence-electron chi connectivity index (χ3n) is 4.85. The number of rotatable bonds is 3. The van der Waals surface area contributed by atoms with Crippen LogP contribution in [0.15, 0.2) is 22.6 Å². The largest absolute Gasteiger partial charge is 0.454 e. The normalized spacial score (nSPS) is 19.0. The van der Waals surface area contributed by atoms with Crippen molar-refractivity contribution in [1.29, 1.82) is 0 Å². The van der Waals surface area contributed by atoms with E-state index in [2.05, 4.69) is 36.3 Å². The van der Waals surface area contributed by atoms with Crippen LogP contribution in [-0.2, 0) is 6.42 Å². The van der Waals surface area contributed by atoms with Gasteiger partial charge in [0.25, 0.3) is 0 Å². The van der Waals surface area contributed by atoms with Gasteiger partial charge in [0.15, 0.2) is 11.5 Å². The van der Waals surface area contributed by atoms with E-state index in [1.807, 2.05) is 6.07 Å². The molecule has 1 aromatic heterocycles. The first-order chi connectivity index (χ1) is 13.4. The van der Waals surface area contributed by atoms with E-state index in [4.69, 9.17) is 13.9 Å². The van der Waals surface area contributed by atoms with Gasteiger partial charge in [-0.15, -0.1) is 10.2 Å². The smallest absolute Gasteiger partial charge is 0.321 e. The van der Waals surface area contributed by atoms with Gasteiger partial charge in [0.1, 0.15) is 0 Å². The molecule has 0 radical (unpaired) electrons. The number of ether oxygens (including phenoxy) is 2. The van der Waals surface area contributed by atoms with E-state index >= 15 is 0 Å². The van der Waals surface area contributed by atoms with Crippen LogP contribution >= 0.6 is 0 Å². The molecule has 0 spiro atoms. The molecule has 3 heterocycles. The molecule has 2 aliphatic rings. The summed E-state index contributed by atoms with van der Waals surface area (Å²) < 4.78 is 16.5. The van der Waals surface area contributed by atoms with E-state index in [1.54, 1.807) is 17.0 Å². The number of anilines is 1. The molecule has 1 unspecified atom stereocenters. The second kappa shape index (κ2) is 7.33. The number of hydrogen-bond acceptors (Lipinski definition) is 6. The van der Waals surface area contributed by atoms with Crippen LogP contribution in [0, 0.1) is 5.41 Å². The van der Waals surface area contributed by atoms with Gasteiger partial charge in [-0.2, -0.15) is 0 Å². The van der Waals surface area contributed by atoms with Crippen molar-refractivity contribution in [3.63, 3.8) is 0 Å². The Bertz CT molecular complexity index is 858. The van der Waals surface area contributed by atoms with Gasteiger partial charge >= 0.3 is 6.03 Å². The Hall–Kier alpha value is -2.77. The summed E-state index contributed by atoms with van der Waals surface area (Å²) in [6.07, 6.45) is 2.57. The molecule has 2 amide bonds. The number of benzene rings is 1. The summed E-state index contributed by atoms with van der Waals surface area (Å²) in [5.74, 6) is 2.69. The van der Waals surface area contributed by atoms with Crippen LogP contribution in [0.3, 0.4) is 0 Å². The maximum absolute atomic E-state index is 12.7. The van der Waals surface area contributed by atoms with Crippen molar-refractivity contribution in [2.45, 2.75) is 46.0 Å². The lowest BCUT2D eigenvalue weighted by atomic mass is 9.92. The average molecular weight is 386 g/mol. The zero-order valence-corrected chi connectivity index (χ0v) is 16.5.